The SMILES string of the molecule is CCCCC(CN)NC(=O)c1cc(=O)c2ccccc2o1. The first-order valence-electron chi connectivity index (χ1n) is 7.19. The maximum atomic E-state index is 12.2. The normalized spacial score (nSPS) is 12.3. The average Bonchev–Trinajstić information content (AvgIpc) is 2.51. The minimum atomic E-state index is -0.399. The van der Waals surface area contributed by atoms with E-state index >= 15 is 0 Å². The second-order valence-corrected chi connectivity index (χ2v) is 5.02. The van der Waals surface area contributed by atoms with Gasteiger partial charge in [-0.15, -0.1) is 0 Å². The van der Waals surface area contributed by atoms with Crippen molar-refractivity contribution in [2.45, 2.75) is 32.2 Å². The summed E-state index contributed by atoms with van der Waals surface area (Å²) in [5.74, 6) is -0.377. The first kappa shape index (κ1) is 15.3. The van der Waals surface area contributed by atoms with Gasteiger partial charge in [0.05, 0.1) is 5.39 Å². The summed E-state index contributed by atoms with van der Waals surface area (Å²) >= 11 is 0. The number of carbonyl (C=O) groups is 1. The lowest BCUT2D eigenvalue weighted by molar-refractivity contribution is 0.0908. The quantitative estimate of drug-likeness (QED) is 0.851. The van der Waals surface area contributed by atoms with Crippen LogP contribution in [0.3, 0.4) is 0 Å². The van der Waals surface area contributed by atoms with Gasteiger partial charge in [0.1, 0.15) is 5.58 Å². The van der Waals surface area contributed by atoms with Crippen LogP contribution in [0.15, 0.2) is 39.5 Å². The molecule has 1 aromatic heterocycles. The van der Waals surface area contributed by atoms with E-state index in [1.807, 2.05) is 0 Å². The van der Waals surface area contributed by atoms with Gasteiger partial charge < -0.3 is 15.5 Å². The van der Waals surface area contributed by atoms with Crippen LogP contribution in [0.4, 0.5) is 0 Å². The lowest BCUT2D eigenvalue weighted by Gasteiger charge is -2.15. The van der Waals surface area contributed by atoms with Gasteiger partial charge in [0.15, 0.2) is 11.2 Å². The molecule has 0 aliphatic carbocycles. The molecule has 3 N–H and O–H groups in total. The third-order valence-electron chi connectivity index (χ3n) is 3.38. The van der Waals surface area contributed by atoms with E-state index in [0.29, 0.717) is 17.5 Å². The Labute approximate surface area is 123 Å². The summed E-state index contributed by atoms with van der Waals surface area (Å²) in [5.41, 5.74) is 5.84. The van der Waals surface area contributed by atoms with Crippen LogP contribution in [0.5, 0.6) is 0 Å². The molecule has 1 heterocycles. The van der Waals surface area contributed by atoms with Gasteiger partial charge in [-0.1, -0.05) is 31.9 Å². The highest BCUT2D eigenvalue weighted by molar-refractivity contribution is 5.93. The third kappa shape index (κ3) is 3.70. The Morgan fingerprint density at radius 3 is 2.86 bits per heavy atom. The van der Waals surface area contributed by atoms with Crippen molar-refractivity contribution in [1.29, 1.82) is 0 Å². The van der Waals surface area contributed by atoms with Crippen molar-refractivity contribution in [2.24, 2.45) is 5.73 Å². The second-order valence-electron chi connectivity index (χ2n) is 5.02. The summed E-state index contributed by atoms with van der Waals surface area (Å²) in [5, 5.41) is 3.28. The van der Waals surface area contributed by atoms with Crippen LogP contribution in [0.2, 0.25) is 0 Å². The van der Waals surface area contributed by atoms with Gasteiger partial charge in [-0.2, -0.15) is 0 Å². The number of hydrogen-bond acceptors (Lipinski definition) is 4. The highest BCUT2D eigenvalue weighted by atomic mass is 16.3. The fourth-order valence-electron chi connectivity index (χ4n) is 2.17. The van der Waals surface area contributed by atoms with E-state index in [9.17, 15) is 9.59 Å². The van der Waals surface area contributed by atoms with E-state index in [1.165, 1.54) is 6.07 Å². The van der Waals surface area contributed by atoms with E-state index in [1.54, 1.807) is 24.3 Å². The van der Waals surface area contributed by atoms with Crippen LogP contribution in [0.1, 0.15) is 36.7 Å². The first-order valence-corrected chi connectivity index (χ1v) is 7.19. The molecule has 0 bridgehead atoms. The Hall–Kier alpha value is -2.14. The molecule has 1 atom stereocenters. The zero-order valence-corrected chi connectivity index (χ0v) is 12.1. The van der Waals surface area contributed by atoms with Crippen molar-refractivity contribution >= 4 is 16.9 Å². The topological polar surface area (TPSA) is 85.3 Å². The van der Waals surface area contributed by atoms with Crippen molar-refractivity contribution in [3.8, 4) is 0 Å². The van der Waals surface area contributed by atoms with Crippen LogP contribution in [-0.4, -0.2) is 18.5 Å². The summed E-state index contributed by atoms with van der Waals surface area (Å²) in [6, 6.07) is 7.99. The maximum absolute atomic E-state index is 12.2. The Balaban J connectivity index is 2.21. The van der Waals surface area contributed by atoms with E-state index in [4.69, 9.17) is 10.2 Å². The second kappa shape index (κ2) is 7.04. The molecule has 112 valence electrons. The number of nitrogens with one attached hydrogen (secondary N) is 1. The summed E-state index contributed by atoms with van der Waals surface area (Å²) in [7, 11) is 0. The molecule has 5 heteroatoms. The molecule has 1 unspecified atom stereocenters. The predicted molar refractivity (Wildman–Crippen MR) is 82.3 cm³/mol. The Bertz CT molecular complexity index is 679. The number of rotatable bonds is 6. The Morgan fingerprint density at radius 2 is 2.14 bits per heavy atom. The number of fused-ring (bicyclic) bond motifs is 1. The van der Waals surface area contributed by atoms with Crippen LogP contribution < -0.4 is 16.5 Å². The minimum absolute atomic E-state index is 0.0219. The summed E-state index contributed by atoms with van der Waals surface area (Å²) in [6.45, 7) is 2.45. The molecular formula is C16H20N2O3. The van der Waals surface area contributed by atoms with Gasteiger partial charge in [0.25, 0.3) is 5.91 Å². The smallest absolute Gasteiger partial charge is 0.287 e. The molecule has 0 aliphatic rings. The molecule has 0 spiro atoms. The minimum Gasteiger partial charge on any atom is -0.451 e. The molecule has 0 fully saturated rings. The van der Waals surface area contributed by atoms with Crippen LogP contribution in [-0.2, 0) is 0 Å². The van der Waals surface area contributed by atoms with Gasteiger partial charge in [-0.05, 0) is 18.6 Å². The molecule has 2 rings (SSSR count). The molecular weight excluding hydrogens is 268 g/mol. The molecule has 0 aliphatic heterocycles. The molecule has 21 heavy (non-hydrogen) atoms. The number of amides is 1. The predicted octanol–water partition coefficient (Wildman–Crippen LogP) is 2.04. The number of benzene rings is 1. The lowest BCUT2D eigenvalue weighted by Crippen LogP contribution is -2.40. The lowest BCUT2D eigenvalue weighted by atomic mass is 10.1. The molecule has 1 amide bonds. The number of unbranched alkanes of at least 4 members (excludes halogenated alkanes) is 1. The van der Waals surface area contributed by atoms with Gasteiger partial charge >= 0.3 is 0 Å². The fourth-order valence-corrected chi connectivity index (χ4v) is 2.17. The van der Waals surface area contributed by atoms with E-state index in [-0.39, 0.29) is 17.2 Å². The van der Waals surface area contributed by atoms with Gasteiger partial charge in [0, 0.05) is 18.7 Å². The Kier molecular flexibility index (Phi) is 5.11. The van der Waals surface area contributed by atoms with E-state index in [0.717, 1.165) is 19.3 Å². The zero-order valence-electron chi connectivity index (χ0n) is 12.1. The number of para-hydroxylation sites is 1. The van der Waals surface area contributed by atoms with Crippen molar-refractivity contribution in [3.63, 3.8) is 0 Å². The third-order valence-corrected chi connectivity index (χ3v) is 3.38. The maximum Gasteiger partial charge on any atom is 0.287 e. The van der Waals surface area contributed by atoms with Crippen molar-refractivity contribution in [1.82, 2.24) is 5.32 Å². The van der Waals surface area contributed by atoms with Gasteiger partial charge in [-0.3, -0.25) is 9.59 Å². The van der Waals surface area contributed by atoms with Crippen molar-refractivity contribution < 1.29 is 9.21 Å². The first-order chi connectivity index (χ1) is 10.2. The van der Waals surface area contributed by atoms with Crippen molar-refractivity contribution in [2.75, 3.05) is 6.54 Å². The number of nitrogens with two attached hydrogens (primary N) is 1. The standard InChI is InChI=1S/C16H20N2O3/c1-2-3-6-11(10-17)18-16(20)15-9-13(19)12-7-4-5-8-14(12)21-15/h4-5,7-9,11H,2-3,6,10,17H2,1H3,(H,18,20). The monoisotopic (exact) mass is 288 g/mol. The molecule has 0 saturated heterocycles. The largest absolute Gasteiger partial charge is 0.451 e. The highest BCUT2D eigenvalue weighted by Crippen LogP contribution is 2.12. The molecule has 0 saturated carbocycles. The highest BCUT2D eigenvalue weighted by Gasteiger charge is 2.15. The molecule has 1 aromatic carbocycles. The molecule has 0 radical (unpaired) electrons. The van der Waals surface area contributed by atoms with Crippen LogP contribution >= 0.6 is 0 Å². The summed E-state index contributed by atoms with van der Waals surface area (Å²) < 4.78 is 5.50. The van der Waals surface area contributed by atoms with Gasteiger partial charge in [-0.25, -0.2) is 0 Å². The summed E-state index contributed by atoms with van der Waals surface area (Å²) in [4.78, 5) is 24.1. The number of hydrogen-bond donors (Lipinski definition) is 2. The van der Waals surface area contributed by atoms with Crippen molar-refractivity contribution in [3.05, 3.63) is 46.3 Å². The van der Waals surface area contributed by atoms with Gasteiger partial charge in [0.2, 0.25) is 0 Å². The number of carbonyl (C=O) groups excluding carboxylic acids is 1. The zero-order chi connectivity index (χ0) is 15.2. The molecule has 5 nitrogen and oxygen atoms in total. The van der Waals surface area contributed by atoms with Crippen LogP contribution in [0, 0.1) is 0 Å². The average molecular weight is 288 g/mol. The van der Waals surface area contributed by atoms with E-state index in [2.05, 4.69) is 12.2 Å². The fraction of sp³-hybridized carbons (Fsp3) is 0.375. The molecule has 2 aromatic rings. The summed E-state index contributed by atoms with van der Waals surface area (Å²) in [6.07, 6.45) is 2.85. The Morgan fingerprint density at radius 1 is 1.38 bits per heavy atom. The van der Waals surface area contributed by atoms with Crippen LogP contribution in [0.25, 0.3) is 11.0 Å². The van der Waals surface area contributed by atoms with E-state index < -0.39 is 5.91 Å².